The molecule has 3 aromatic rings. The molecule has 0 aliphatic heterocycles. The van der Waals surface area contributed by atoms with Gasteiger partial charge in [-0.25, -0.2) is 0 Å². The van der Waals surface area contributed by atoms with Crippen LogP contribution in [0.25, 0.3) is 21.8 Å². The van der Waals surface area contributed by atoms with E-state index >= 15 is 0 Å². The number of benzene rings is 2. The molecule has 1 N–H and O–H groups in total. The van der Waals surface area contributed by atoms with Crippen molar-refractivity contribution < 1.29 is 0 Å². The van der Waals surface area contributed by atoms with Gasteiger partial charge in [0.2, 0.25) is 0 Å². The van der Waals surface area contributed by atoms with Crippen molar-refractivity contribution >= 4 is 73.3 Å². The summed E-state index contributed by atoms with van der Waals surface area (Å²) in [7, 11) is 17.8. The lowest BCUT2D eigenvalue weighted by Gasteiger charge is -2.10. The first kappa shape index (κ1) is 10.9. The van der Waals surface area contributed by atoms with Gasteiger partial charge in [-0.1, -0.05) is 46.2 Å². The number of hydrogen-bond acceptors (Lipinski definition) is 0. The highest BCUT2D eigenvalue weighted by Gasteiger charge is 2.13. The predicted molar refractivity (Wildman–Crippen MR) is 77.0 cm³/mol. The zero-order chi connectivity index (χ0) is 12.2. The molecule has 0 saturated heterocycles. The Hall–Kier alpha value is -1.28. The van der Waals surface area contributed by atoms with Crippen molar-refractivity contribution in [2.24, 2.45) is 0 Å². The van der Waals surface area contributed by atoms with Gasteiger partial charge in [-0.2, -0.15) is 0 Å². The van der Waals surface area contributed by atoms with Crippen LogP contribution < -0.4 is 16.4 Å². The lowest BCUT2D eigenvalue weighted by atomic mass is 9.74. The maximum Gasteiger partial charge on any atom is 0.116 e. The van der Waals surface area contributed by atoms with Gasteiger partial charge in [0.15, 0.2) is 0 Å². The van der Waals surface area contributed by atoms with Gasteiger partial charge in [-0.15, -0.1) is 0 Å². The highest BCUT2D eigenvalue weighted by Crippen LogP contribution is 2.23. The molecule has 0 saturated carbocycles. The molecule has 74 valence electrons. The van der Waals surface area contributed by atoms with Gasteiger partial charge in [0.1, 0.15) is 23.5 Å². The Kier molecular flexibility index (Phi) is 2.30. The fraction of sp³-hybridized carbons (Fsp3) is 0. The molecule has 0 spiro atoms. The van der Waals surface area contributed by atoms with E-state index in [0.717, 1.165) is 21.8 Å². The predicted octanol–water partition coefficient (Wildman–Crippen LogP) is 0.356. The summed E-state index contributed by atoms with van der Waals surface area (Å²) in [5, 5.41) is 2.14. The standard InChI is InChI=1S/C12H5B3ClN/c13-8-7-5-3-1-2-4-6(5)17-12(7)10(15)9(14)11(8)16/h1-4,17H. The van der Waals surface area contributed by atoms with Crippen molar-refractivity contribution in [3.63, 3.8) is 0 Å². The van der Waals surface area contributed by atoms with E-state index in [2.05, 4.69) is 4.98 Å². The molecule has 0 fully saturated rings. The molecule has 1 nitrogen and oxygen atoms in total. The van der Waals surface area contributed by atoms with Gasteiger partial charge in [0.05, 0.1) is 0 Å². The van der Waals surface area contributed by atoms with E-state index in [9.17, 15) is 0 Å². The Morgan fingerprint density at radius 2 is 1.65 bits per heavy atom. The van der Waals surface area contributed by atoms with Gasteiger partial charge < -0.3 is 4.98 Å². The molecule has 0 aliphatic carbocycles. The first-order valence-corrected chi connectivity index (χ1v) is 5.51. The largest absolute Gasteiger partial charge is 0.355 e. The number of hydrogen-bond donors (Lipinski definition) is 1. The molecule has 0 bridgehead atoms. The van der Waals surface area contributed by atoms with Gasteiger partial charge in [0.25, 0.3) is 0 Å². The molecule has 17 heavy (non-hydrogen) atoms. The minimum absolute atomic E-state index is 0.319. The van der Waals surface area contributed by atoms with E-state index in [0.29, 0.717) is 21.4 Å². The minimum atomic E-state index is 0.319. The van der Waals surface area contributed by atoms with Gasteiger partial charge >= 0.3 is 0 Å². The number of aromatic nitrogens is 1. The van der Waals surface area contributed by atoms with Crippen molar-refractivity contribution in [3.8, 4) is 0 Å². The fourth-order valence-electron chi connectivity index (χ4n) is 2.13. The van der Waals surface area contributed by atoms with E-state index in [4.69, 9.17) is 35.1 Å². The van der Waals surface area contributed by atoms with Crippen LogP contribution in [0.15, 0.2) is 24.3 Å². The molecular formula is C12H5B3ClN. The first-order chi connectivity index (χ1) is 8.11. The summed E-state index contributed by atoms with van der Waals surface area (Å²) in [5.41, 5.74) is 2.93. The van der Waals surface area contributed by atoms with E-state index in [-0.39, 0.29) is 0 Å². The van der Waals surface area contributed by atoms with Crippen molar-refractivity contribution in [1.82, 2.24) is 4.98 Å². The number of H-pyrrole nitrogens is 1. The monoisotopic (exact) mass is 231 g/mol. The van der Waals surface area contributed by atoms with E-state index < -0.39 is 0 Å². The van der Waals surface area contributed by atoms with Crippen LogP contribution in [-0.2, 0) is 0 Å². The third-order valence-corrected chi connectivity index (χ3v) is 3.42. The maximum atomic E-state index is 6.08. The number of halogens is 1. The molecule has 0 unspecified atom stereocenters. The minimum Gasteiger partial charge on any atom is -0.355 e. The molecular weight excluding hydrogens is 226 g/mol. The molecule has 3 rings (SSSR count). The van der Waals surface area contributed by atoms with Crippen LogP contribution in [0.1, 0.15) is 0 Å². The lowest BCUT2D eigenvalue weighted by Crippen LogP contribution is -2.32. The van der Waals surface area contributed by atoms with Crippen LogP contribution in [0.3, 0.4) is 0 Å². The first-order valence-electron chi connectivity index (χ1n) is 5.13. The van der Waals surface area contributed by atoms with Crippen molar-refractivity contribution in [2.75, 3.05) is 0 Å². The topological polar surface area (TPSA) is 15.8 Å². The second-order valence-electron chi connectivity index (χ2n) is 3.98. The van der Waals surface area contributed by atoms with Gasteiger partial charge in [-0.05, 0) is 6.07 Å². The summed E-state index contributed by atoms with van der Waals surface area (Å²) in [6.45, 7) is 0. The Bertz CT molecular complexity index is 748. The summed E-state index contributed by atoms with van der Waals surface area (Å²) in [6.07, 6.45) is 0. The van der Waals surface area contributed by atoms with Crippen LogP contribution >= 0.6 is 11.6 Å². The second kappa shape index (κ2) is 3.61. The summed E-state index contributed by atoms with van der Waals surface area (Å²) in [4.78, 5) is 3.21. The molecule has 5 heteroatoms. The van der Waals surface area contributed by atoms with Crippen molar-refractivity contribution in [2.45, 2.75) is 0 Å². The van der Waals surface area contributed by atoms with Crippen LogP contribution in [-0.4, -0.2) is 28.5 Å². The molecule has 0 atom stereocenters. The highest BCUT2D eigenvalue weighted by molar-refractivity contribution is 6.63. The highest BCUT2D eigenvalue weighted by atomic mass is 35.5. The smallest absolute Gasteiger partial charge is 0.116 e. The fourth-order valence-corrected chi connectivity index (χ4v) is 2.33. The van der Waals surface area contributed by atoms with Crippen LogP contribution in [0.4, 0.5) is 0 Å². The summed E-state index contributed by atoms with van der Waals surface area (Å²) in [5.74, 6) is 0. The van der Waals surface area contributed by atoms with E-state index in [1.807, 2.05) is 24.3 Å². The summed E-state index contributed by atoms with van der Waals surface area (Å²) >= 11 is 6.08. The van der Waals surface area contributed by atoms with Crippen molar-refractivity contribution in [3.05, 3.63) is 29.3 Å². The summed E-state index contributed by atoms with van der Waals surface area (Å²) < 4.78 is 0. The lowest BCUT2D eigenvalue weighted by molar-refractivity contribution is 1.56. The number of aromatic amines is 1. The third-order valence-electron chi connectivity index (χ3n) is 3.01. The Morgan fingerprint density at radius 3 is 2.41 bits per heavy atom. The van der Waals surface area contributed by atoms with Crippen LogP contribution in [0.5, 0.6) is 0 Å². The average molecular weight is 231 g/mol. The zero-order valence-electron chi connectivity index (χ0n) is 8.92. The van der Waals surface area contributed by atoms with Gasteiger partial charge in [-0.3, -0.25) is 0 Å². The SMILES string of the molecule is [B]c1c(Cl)c([B])c2c([nH]c3ccccc32)c1[B]. The zero-order valence-corrected chi connectivity index (χ0v) is 9.68. The molecule has 1 heterocycles. The Labute approximate surface area is 108 Å². The molecule has 2 aromatic carbocycles. The molecule has 6 radical (unpaired) electrons. The van der Waals surface area contributed by atoms with Crippen LogP contribution in [0, 0.1) is 0 Å². The molecule has 0 aliphatic rings. The maximum absolute atomic E-state index is 6.08. The third kappa shape index (κ3) is 1.37. The quantitative estimate of drug-likeness (QED) is 0.537. The Morgan fingerprint density at radius 1 is 0.941 bits per heavy atom. The van der Waals surface area contributed by atoms with Crippen molar-refractivity contribution in [1.29, 1.82) is 0 Å². The second-order valence-corrected chi connectivity index (χ2v) is 4.35. The number of fused-ring (bicyclic) bond motifs is 3. The van der Waals surface area contributed by atoms with Crippen LogP contribution in [0.2, 0.25) is 5.02 Å². The average Bonchev–Trinajstić information content (AvgIpc) is 2.73. The number of nitrogens with one attached hydrogen (secondary N) is 1. The molecule has 1 aromatic heterocycles. The van der Waals surface area contributed by atoms with E-state index in [1.165, 1.54) is 0 Å². The van der Waals surface area contributed by atoms with Gasteiger partial charge in [0, 0.05) is 26.8 Å². The number of rotatable bonds is 0. The normalized spacial score (nSPS) is 11.4. The molecule has 0 amide bonds. The Balaban J connectivity index is 2.67. The number of para-hydroxylation sites is 1. The van der Waals surface area contributed by atoms with E-state index in [1.54, 1.807) is 0 Å². The summed E-state index contributed by atoms with van der Waals surface area (Å²) in [6, 6.07) is 7.80.